The van der Waals surface area contributed by atoms with E-state index in [4.69, 9.17) is 21.1 Å². The number of ether oxygens (including phenoxy) is 2. The van der Waals surface area contributed by atoms with Crippen molar-refractivity contribution in [3.63, 3.8) is 0 Å². The van der Waals surface area contributed by atoms with E-state index in [0.29, 0.717) is 5.75 Å². The zero-order chi connectivity index (χ0) is 24.2. The van der Waals surface area contributed by atoms with E-state index in [9.17, 15) is 13.2 Å². The predicted octanol–water partition coefficient (Wildman–Crippen LogP) is 5.53. The summed E-state index contributed by atoms with van der Waals surface area (Å²) in [6.45, 7) is 6.31. The average Bonchev–Trinajstić information content (AvgIpc) is 2.75. The molecule has 0 aliphatic rings. The van der Waals surface area contributed by atoms with E-state index in [2.05, 4.69) is 4.98 Å². The molecule has 0 aliphatic heterocycles. The molecule has 3 aromatic rings. The molecule has 0 saturated carbocycles. The van der Waals surface area contributed by atoms with Crippen LogP contribution in [0, 0.1) is 0 Å². The standard InChI is InChI=1S/C24H25ClN2O5S/c1-16(17-9-8-12-20(13-17)32-19-10-6-5-7-11-19)31-23-21(25)14-18(15-26-23)22(28)27-33(29,30)24(2,3)4/h5-16H,1-4H3,(H,27,28). The molecule has 9 heteroatoms. The van der Waals surface area contributed by atoms with Crippen molar-refractivity contribution < 1.29 is 22.7 Å². The molecular formula is C24H25ClN2O5S. The SMILES string of the molecule is CC(Oc1ncc(C(=O)NS(=O)(=O)C(C)(C)C)cc1Cl)c1cccc(Oc2ccccc2)c1. The van der Waals surface area contributed by atoms with Crippen molar-refractivity contribution in [2.75, 3.05) is 0 Å². The third-order valence-corrected chi connectivity index (χ3v) is 7.03. The molecule has 0 aliphatic carbocycles. The molecule has 33 heavy (non-hydrogen) atoms. The third-order valence-electron chi connectivity index (χ3n) is 4.70. The lowest BCUT2D eigenvalue weighted by atomic mass is 10.1. The Kier molecular flexibility index (Phi) is 7.29. The second-order valence-corrected chi connectivity index (χ2v) is 11.1. The van der Waals surface area contributed by atoms with E-state index in [1.807, 2.05) is 66.2 Å². The Hall–Kier alpha value is -3.10. The minimum atomic E-state index is -3.86. The molecule has 0 bridgehead atoms. The molecule has 1 aromatic heterocycles. The summed E-state index contributed by atoms with van der Waals surface area (Å²) in [5.74, 6) is 0.675. The number of rotatable bonds is 7. The lowest BCUT2D eigenvalue weighted by Gasteiger charge is -2.19. The fraction of sp³-hybridized carbons (Fsp3) is 0.250. The number of halogens is 1. The van der Waals surface area contributed by atoms with E-state index < -0.39 is 26.8 Å². The van der Waals surface area contributed by atoms with Gasteiger partial charge in [0.1, 0.15) is 22.6 Å². The number of hydrogen-bond donors (Lipinski definition) is 1. The molecule has 0 saturated heterocycles. The molecule has 2 aromatic carbocycles. The number of carbonyl (C=O) groups excluding carboxylic acids is 1. The van der Waals surface area contributed by atoms with E-state index in [-0.39, 0.29) is 16.5 Å². The topological polar surface area (TPSA) is 94.6 Å². The van der Waals surface area contributed by atoms with Crippen LogP contribution in [0.25, 0.3) is 0 Å². The first kappa shape index (κ1) is 24.5. The van der Waals surface area contributed by atoms with Crippen molar-refractivity contribution in [3.05, 3.63) is 83.0 Å². The summed E-state index contributed by atoms with van der Waals surface area (Å²) in [5, 5.41) is 0.0827. The zero-order valence-corrected chi connectivity index (χ0v) is 20.3. The first-order chi connectivity index (χ1) is 15.5. The van der Waals surface area contributed by atoms with Crippen molar-refractivity contribution >= 4 is 27.5 Å². The van der Waals surface area contributed by atoms with Crippen LogP contribution in [0.2, 0.25) is 5.02 Å². The van der Waals surface area contributed by atoms with Crippen LogP contribution in [0.15, 0.2) is 66.9 Å². The number of nitrogens with zero attached hydrogens (tertiary/aromatic N) is 1. The zero-order valence-electron chi connectivity index (χ0n) is 18.7. The maximum Gasteiger partial charge on any atom is 0.266 e. The largest absolute Gasteiger partial charge is 0.469 e. The predicted molar refractivity (Wildman–Crippen MR) is 127 cm³/mol. The highest BCUT2D eigenvalue weighted by Gasteiger charge is 2.31. The van der Waals surface area contributed by atoms with Gasteiger partial charge in [0, 0.05) is 6.20 Å². The van der Waals surface area contributed by atoms with Crippen molar-refractivity contribution in [2.45, 2.75) is 38.5 Å². The van der Waals surface area contributed by atoms with Gasteiger partial charge in [0.15, 0.2) is 0 Å². The number of nitrogens with one attached hydrogen (secondary N) is 1. The van der Waals surface area contributed by atoms with Gasteiger partial charge in [0.2, 0.25) is 15.9 Å². The maximum absolute atomic E-state index is 12.4. The van der Waals surface area contributed by atoms with E-state index in [1.165, 1.54) is 33.0 Å². The summed E-state index contributed by atoms with van der Waals surface area (Å²) in [6.07, 6.45) is 0.798. The number of carbonyl (C=O) groups is 1. The number of para-hydroxylation sites is 1. The van der Waals surface area contributed by atoms with Gasteiger partial charge in [-0.1, -0.05) is 41.9 Å². The fourth-order valence-electron chi connectivity index (χ4n) is 2.66. The van der Waals surface area contributed by atoms with Crippen LogP contribution in [-0.4, -0.2) is 24.1 Å². The van der Waals surface area contributed by atoms with Gasteiger partial charge in [-0.3, -0.25) is 4.79 Å². The van der Waals surface area contributed by atoms with Crippen molar-refractivity contribution in [3.8, 4) is 17.4 Å². The lowest BCUT2D eigenvalue weighted by Crippen LogP contribution is -2.42. The van der Waals surface area contributed by atoms with Gasteiger partial charge in [-0.05, 0) is 63.6 Å². The monoisotopic (exact) mass is 488 g/mol. The van der Waals surface area contributed by atoms with Crippen LogP contribution in [0.5, 0.6) is 17.4 Å². The Balaban J connectivity index is 1.71. The Labute approximate surface area is 198 Å². The van der Waals surface area contributed by atoms with Crippen LogP contribution in [-0.2, 0) is 10.0 Å². The highest BCUT2D eigenvalue weighted by Crippen LogP contribution is 2.30. The summed E-state index contributed by atoms with van der Waals surface area (Å²) in [4.78, 5) is 16.5. The molecular weight excluding hydrogens is 464 g/mol. The van der Waals surface area contributed by atoms with Gasteiger partial charge in [-0.15, -0.1) is 0 Å². The van der Waals surface area contributed by atoms with Crippen LogP contribution < -0.4 is 14.2 Å². The van der Waals surface area contributed by atoms with E-state index in [1.54, 1.807) is 0 Å². The van der Waals surface area contributed by atoms with E-state index >= 15 is 0 Å². The molecule has 0 radical (unpaired) electrons. The molecule has 1 unspecified atom stereocenters. The summed E-state index contributed by atoms with van der Waals surface area (Å²) in [7, 11) is -3.86. The Morgan fingerprint density at radius 2 is 1.70 bits per heavy atom. The third kappa shape index (κ3) is 6.24. The van der Waals surface area contributed by atoms with Gasteiger partial charge in [-0.2, -0.15) is 0 Å². The highest BCUT2D eigenvalue weighted by molar-refractivity contribution is 7.91. The van der Waals surface area contributed by atoms with Gasteiger partial charge < -0.3 is 9.47 Å². The Bertz CT molecular complexity index is 1240. The number of amides is 1. The number of benzene rings is 2. The highest BCUT2D eigenvalue weighted by atomic mass is 35.5. The van der Waals surface area contributed by atoms with Gasteiger partial charge in [0.25, 0.3) is 5.91 Å². The second kappa shape index (κ2) is 9.80. The van der Waals surface area contributed by atoms with Crippen LogP contribution in [0.4, 0.5) is 0 Å². The van der Waals surface area contributed by atoms with Crippen LogP contribution >= 0.6 is 11.6 Å². The second-order valence-electron chi connectivity index (χ2n) is 8.31. The average molecular weight is 489 g/mol. The molecule has 1 amide bonds. The van der Waals surface area contributed by atoms with Crippen molar-refractivity contribution in [2.24, 2.45) is 0 Å². The summed E-state index contributed by atoms with van der Waals surface area (Å²) in [6, 6.07) is 18.2. The smallest absolute Gasteiger partial charge is 0.266 e. The molecule has 3 rings (SSSR count). The summed E-state index contributed by atoms with van der Waals surface area (Å²) < 4.78 is 37.1. The lowest BCUT2D eigenvalue weighted by molar-refractivity contribution is 0.0980. The quantitative estimate of drug-likeness (QED) is 0.470. The normalized spacial score (nSPS) is 12.6. The number of hydrogen-bond acceptors (Lipinski definition) is 6. The Morgan fingerprint density at radius 1 is 1.03 bits per heavy atom. The number of sulfonamides is 1. The first-order valence-corrected chi connectivity index (χ1v) is 12.0. The van der Waals surface area contributed by atoms with Gasteiger partial charge in [-0.25, -0.2) is 18.1 Å². The molecule has 0 spiro atoms. The molecule has 1 N–H and O–H groups in total. The molecule has 1 heterocycles. The Morgan fingerprint density at radius 3 is 2.33 bits per heavy atom. The molecule has 7 nitrogen and oxygen atoms in total. The summed E-state index contributed by atoms with van der Waals surface area (Å²) in [5.41, 5.74) is 0.838. The molecule has 0 fully saturated rings. The van der Waals surface area contributed by atoms with Gasteiger partial charge in [0.05, 0.1) is 10.3 Å². The van der Waals surface area contributed by atoms with Crippen LogP contribution in [0.1, 0.15) is 49.7 Å². The first-order valence-electron chi connectivity index (χ1n) is 10.2. The van der Waals surface area contributed by atoms with E-state index in [0.717, 1.165) is 11.3 Å². The minimum absolute atomic E-state index is 0.00564. The maximum atomic E-state index is 12.4. The number of aromatic nitrogens is 1. The van der Waals surface area contributed by atoms with Crippen molar-refractivity contribution in [1.82, 2.24) is 9.71 Å². The minimum Gasteiger partial charge on any atom is -0.469 e. The molecule has 1 atom stereocenters. The molecule has 174 valence electrons. The number of pyridine rings is 1. The summed E-state index contributed by atoms with van der Waals surface area (Å²) >= 11 is 6.26. The van der Waals surface area contributed by atoms with Crippen LogP contribution in [0.3, 0.4) is 0 Å². The van der Waals surface area contributed by atoms with Crippen molar-refractivity contribution in [1.29, 1.82) is 0 Å². The van der Waals surface area contributed by atoms with Gasteiger partial charge >= 0.3 is 0 Å². The fourth-order valence-corrected chi connectivity index (χ4v) is 3.54.